The predicted molar refractivity (Wildman–Crippen MR) is 122 cm³/mol. The van der Waals surface area contributed by atoms with Gasteiger partial charge in [-0.2, -0.15) is 0 Å². The summed E-state index contributed by atoms with van der Waals surface area (Å²) < 4.78 is 0. The lowest BCUT2D eigenvalue weighted by molar-refractivity contribution is -0.134. The standard InChI is InChI=1S/C26H23N3O3/c30-23(27-22-12-10-20(11-13-22)18-6-2-1-3-7-18)17-29-24(31)26(28-25(29)32)15-14-19-8-4-5-9-21(19)16-26/h1-13H,14-17H2,(H,27,30)(H,28,32). The smallest absolute Gasteiger partial charge is 0.325 e. The number of benzene rings is 3. The molecule has 4 amide bonds. The van der Waals surface area contributed by atoms with E-state index in [2.05, 4.69) is 16.7 Å². The highest BCUT2D eigenvalue weighted by Crippen LogP contribution is 2.33. The molecule has 0 saturated carbocycles. The van der Waals surface area contributed by atoms with Gasteiger partial charge in [-0.3, -0.25) is 14.5 Å². The first-order chi connectivity index (χ1) is 15.5. The summed E-state index contributed by atoms with van der Waals surface area (Å²) in [5.74, 6) is -0.735. The van der Waals surface area contributed by atoms with Crippen LogP contribution in [0.3, 0.4) is 0 Å². The predicted octanol–water partition coefficient (Wildman–Crippen LogP) is 3.77. The molecule has 1 saturated heterocycles. The van der Waals surface area contributed by atoms with Crippen LogP contribution in [0.25, 0.3) is 11.1 Å². The summed E-state index contributed by atoms with van der Waals surface area (Å²) in [6, 6.07) is 24.9. The Kier molecular flexibility index (Phi) is 4.98. The Labute approximate surface area is 186 Å². The van der Waals surface area contributed by atoms with Crippen LogP contribution in [0.1, 0.15) is 17.5 Å². The summed E-state index contributed by atoms with van der Waals surface area (Å²) in [6.07, 6.45) is 1.70. The normalized spacial score (nSPS) is 19.6. The van der Waals surface area contributed by atoms with Gasteiger partial charge >= 0.3 is 6.03 Å². The number of fused-ring (bicyclic) bond motifs is 1. The summed E-state index contributed by atoms with van der Waals surface area (Å²) >= 11 is 0. The molecule has 2 N–H and O–H groups in total. The van der Waals surface area contributed by atoms with Crippen LogP contribution in [-0.4, -0.2) is 34.8 Å². The molecule has 0 radical (unpaired) electrons. The van der Waals surface area contributed by atoms with Gasteiger partial charge in [0.15, 0.2) is 0 Å². The van der Waals surface area contributed by atoms with Crippen molar-refractivity contribution in [3.05, 3.63) is 90.0 Å². The van der Waals surface area contributed by atoms with Gasteiger partial charge < -0.3 is 10.6 Å². The summed E-state index contributed by atoms with van der Waals surface area (Å²) in [5, 5.41) is 5.65. The molecule has 1 aliphatic carbocycles. The minimum atomic E-state index is -0.955. The molecule has 0 bridgehead atoms. The zero-order valence-corrected chi connectivity index (χ0v) is 17.5. The minimum Gasteiger partial charge on any atom is -0.325 e. The Morgan fingerprint density at radius 2 is 1.53 bits per heavy atom. The Morgan fingerprint density at radius 1 is 0.875 bits per heavy atom. The highest BCUT2D eigenvalue weighted by Gasteiger charge is 2.52. The first-order valence-corrected chi connectivity index (χ1v) is 10.7. The van der Waals surface area contributed by atoms with Crippen molar-refractivity contribution in [2.24, 2.45) is 0 Å². The molecule has 1 fully saturated rings. The number of nitrogens with zero attached hydrogens (tertiary/aromatic N) is 1. The average Bonchev–Trinajstić information content (AvgIpc) is 3.04. The molecule has 32 heavy (non-hydrogen) atoms. The van der Waals surface area contributed by atoms with Crippen molar-refractivity contribution in [3.8, 4) is 11.1 Å². The summed E-state index contributed by atoms with van der Waals surface area (Å²) in [6.45, 7) is -0.311. The first-order valence-electron chi connectivity index (χ1n) is 10.7. The van der Waals surface area contributed by atoms with E-state index < -0.39 is 17.5 Å². The Morgan fingerprint density at radius 3 is 2.28 bits per heavy atom. The lowest BCUT2D eigenvalue weighted by Crippen LogP contribution is -2.51. The molecule has 6 nitrogen and oxygen atoms in total. The fourth-order valence-corrected chi connectivity index (χ4v) is 4.57. The highest BCUT2D eigenvalue weighted by atomic mass is 16.2. The number of amides is 4. The average molecular weight is 425 g/mol. The van der Waals surface area contributed by atoms with E-state index in [4.69, 9.17) is 0 Å². The van der Waals surface area contributed by atoms with Gasteiger partial charge in [0, 0.05) is 12.1 Å². The van der Waals surface area contributed by atoms with Crippen molar-refractivity contribution in [2.45, 2.75) is 24.8 Å². The monoisotopic (exact) mass is 425 g/mol. The molecule has 2 aliphatic rings. The van der Waals surface area contributed by atoms with Crippen LogP contribution in [0.5, 0.6) is 0 Å². The molecular formula is C26H23N3O3. The number of rotatable bonds is 4. The lowest BCUT2D eigenvalue weighted by atomic mass is 9.78. The summed E-state index contributed by atoms with van der Waals surface area (Å²) in [7, 11) is 0. The zero-order valence-electron chi connectivity index (χ0n) is 17.5. The van der Waals surface area contributed by atoms with Crippen molar-refractivity contribution in [3.63, 3.8) is 0 Å². The maximum atomic E-state index is 13.2. The van der Waals surface area contributed by atoms with Gasteiger partial charge in [0.1, 0.15) is 12.1 Å². The molecule has 6 heteroatoms. The molecule has 160 valence electrons. The van der Waals surface area contributed by atoms with Crippen LogP contribution in [0, 0.1) is 0 Å². The van der Waals surface area contributed by atoms with E-state index in [0.717, 1.165) is 28.0 Å². The van der Waals surface area contributed by atoms with Gasteiger partial charge in [0.2, 0.25) is 5.91 Å². The zero-order chi connectivity index (χ0) is 22.1. The Hall–Kier alpha value is -3.93. The fourth-order valence-electron chi connectivity index (χ4n) is 4.57. The third-order valence-electron chi connectivity index (χ3n) is 6.26. The van der Waals surface area contributed by atoms with Crippen LogP contribution in [-0.2, 0) is 22.4 Å². The van der Waals surface area contributed by atoms with Gasteiger partial charge in [0.05, 0.1) is 0 Å². The van der Waals surface area contributed by atoms with Gasteiger partial charge in [-0.15, -0.1) is 0 Å². The second kappa shape index (κ2) is 7.96. The van der Waals surface area contributed by atoms with Crippen LogP contribution in [0.4, 0.5) is 10.5 Å². The second-order valence-electron chi connectivity index (χ2n) is 8.34. The summed E-state index contributed by atoms with van der Waals surface area (Å²) in [5.41, 5.74) is 4.06. The van der Waals surface area contributed by atoms with Crippen LogP contribution in [0.2, 0.25) is 0 Å². The topological polar surface area (TPSA) is 78.5 Å². The molecule has 3 aromatic carbocycles. The fraction of sp³-hybridized carbons (Fsp3) is 0.192. The minimum absolute atomic E-state index is 0.311. The summed E-state index contributed by atoms with van der Waals surface area (Å²) in [4.78, 5) is 39.4. The van der Waals surface area contributed by atoms with E-state index in [9.17, 15) is 14.4 Å². The van der Waals surface area contributed by atoms with Gasteiger partial charge in [-0.1, -0.05) is 66.7 Å². The van der Waals surface area contributed by atoms with Crippen molar-refractivity contribution in [1.82, 2.24) is 10.2 Å². The number of hydrogen-bond acceptors (Lipinski definition) is 3. The van der Waals surface area contributed by atoms with Crippen LogP contribution in [0.15, 0.2) is 78.9 Å². The molecule has 5 rings (SSSR count). The number of aryl methyl sites for hydroxylation is 1. The van der Waals surface area contributed by atoms with E-state index in [1.165, 1.54) is 5.56 Å². The number of carbonyl (C=O) groups excluding carboxylic acids is 3. The Balaban J connectivity index is 1.25. The van der Waals surface area contributed by atoms with Crippen molar-refractivity contribution >= 4 is 23.5 Å². The second-order valence-corrected chi connectivity index (χ2v) is 8.34. The van der Waals surface area contributed by atoms with E-state index in [1.807, 2.05) is 72.8 Å². The van der Waals surface area contributed by atoms with E-state index >= 15 is 0 Å². The number of urea groups is 1. The molecule has 1 spiro atoms. The molecule has 0 aromatic heterocycles. The molecule has 1 heterocycles. The van der Waals surface area contributed by atoms with E-state index in [-0.39, 0.29) is 12.5 Å². The molecular weight excluding hydrogens is 402 g/mol. The number of hydrogen-bond donors (Lipinski definition) is 2. The molecule has 1 aliphatic heterocycles. The first kappa shape index (κ1) is 20.0. The third kappa shape index (κ3) is 3.64. The lowest BCUT2D eigenvalue weighted by Gasteiger charge is -2.32. The van der Waals surface area contributed by atoms with Crippen LogP contribution < -0.4 is 10.6 Å². The van der Waals surface area contributed by atoms with Crippen LogP contribution >= 0.6 is 0 Å². The maximum absolute atomic E-state index is 13.2. The van der Waals surface area contributed by atoms with E-state index in [1.54, 1.807) is 0 Å². The molecule has 1 unspecified atom stereocenters. The molecule has 3 aromatic rings. The third-order valence-corrected chi connectivity index (χ3v) is 6.26. The van der Waals surface area contributed by atoms with Gasteiger partial charge in [0.25, 0.3) is 5.91 Å². The highest BCUT2D eigenvalue weighted by molar-refractivity contribution is 6.10. The largest absolute Gasteiger partial charge is 0.325 e. The number of anilines is 1. The van der Waals surface area contributed by atoms with Crippen molar-refractivity contribution in [1.29, 1.82) is 0 Å². The van der Waals surface area contributed by atoms with Crippen molar-refractivity contribution in [2.75, 3.05) is 11.9 Å². The maximum Gasteiger partial charge on any atom is 0.325 e. The van der Waals surface area contributed by atoms with E-state index in [0.29, 0.717) is 18.5 Å². The number of carbonyl (C=O) groups is 3. The van der Waals surface area contributed by atoms with Crippen molar-refractivity contribution < 1.29 is 14.4 Å². The van der Waals surface area contributed by atoms with Gasteiger partial charge in [-0.25, -0.2) is 4.79 Å². The Bertz CT molecular complexity index is 1190. The van der Waals surface area contributed by atoms with Gasteiger partial charge in [-0.05, 0) is 47.2 Å². The quantitative estimate of drug-likeness (QED) is 0.625. The number of imide groups is 1. The number of nitrogens with one attached hydrogen (secondary N) is 2. The SMILES string of the molecule is O=C(CN1C(=O)NC2(CCc3ccccc3C2)C1=O)Nc1ccc(-c2ccccc2)cc1. The molecule has 1 atom stereocenters.